The van der Waals surface area contributed by atoms with E-state index in [1.54, 1.807) is 0 Å². The summed E-state index contributed by atoms with van der Waals surface area (Å²) in [7, 11) is 0. The Labute approximate surface area is 75.9 Å². The highest BCUT2D eigenvalue weighted by Gasteiger charge is 2.01. The molecule has 0 spiro atoms. The van der Waals surface area contributed by atoms with Crippen LogP contribution in [0.2, 0.25) is 0 Å². The maximum absolute atomic E-state index is 10.4. The van der Waals surface area contributed by atoms with Crippen molar-refractivity contribution in [3.8, 4) is 0 Å². The standard InChI is InChI=1S/C11H20O/c1-4-6-7-11(5-2)8-10(3)9-12/h8-9,11H,4-7H2,1-3H3/b10-8+. The van der Waals surface area contributed by atoms with E-state index in [-0.39, 0.29) is 0 Å². The van der Waals surface area contributed by atoms with Crippen LogP contribution in [-0.4, -0.2) is 6.29 Å². The molecule has 1 heteroatoms. The molecule has 0 radical (unpaired) electrons. The third kappa shape index (κ3) is 5.11. The van der Waals surface area contributed by atoms with Gasteiger partial charge in [0.25, 0.3) is 0 Å². The summed E-state index contributed by atoms with van der Waals surface area (Å²) in [5.74, 6) is 0.607. The second kappa shape index (κ2) is 7.08. The van der Waals surface area contributed by atoms with Gasteiger partial charge < -0.3 is 0 Å². The van der Waals surface area contributed by atoms with Gasteiger partial charge in [-0.2, -0.15) is 0 Å². The van der Waals surface area contributed by atoms with E-state index in [2.05, 4.69) is 19.9 Å². The first-order valence-electron chi connectivity index (χ1n) is 4.88. The molecule has 0 bridgehead atoms. The molecule has 0 N–H and O–H groups in total. The summed E-state index contributed by atoms with van der Waals surface area (Å²) in [6.45, 7) is 6.25. The zero-order valence-corrected chi connectivity index (χ0v) is 8.47. The third-order valence-electron chi connectivity index (χ3n) is 2.14. The van der Waals surface area contributed by atoms with Crippen LogP contribution in [0.5, 0.6) is 0 Å². The van der Waals surface area contributed by atoms with E-state index < -0.39 is 0 Å². The Morgan fingerprint density at radius 2 is 2.08 bits per heavy atom. The van der Waals surface area contributed by atoms with Crippen LogP contribution in [0.1, 0.15) is 46.5 Å². The fraction of sp³-hybridized carbons (Fsp3) is 0.727. The molecule has 0 aromatic heterocycles. The van der Waals surface area contributed by atoms with Crippen LogP contribution in [0.15, 0.2) is 11.6 Å². The molecular formula is C11H20O. The van der Waals surface area contributed by atoms with E-state index in [1.807, 2.05) is 6.92 Å². The Morgan fingerprint density at radius 3 is 2.50 bits per heavy atom. The number of allylic oxidation sites excluding steroid dienone is 2. The van der Waals surface area contributed by atoms with Crippen LogP contribution in [-0.2, 0) is 4.79 Å². The lowest BCUT2D eigenvalue weighted by Crippen LogP contribution is -1.95. The molecule has 70 valence electrons. The lowest BCUT2D eigenvalue weighted by molar-refractivity contribution is -0.104. The van der Waals surface area contributed by atoms with Crippen LogP contribution in [0.25, 0.3) is 0 Å². The molecule has 0 aromatic carbocycles. The Hall–Kier alpha value is -0.590. The zero-order chi connectivity index (χ0) is 9.40. The van der Waals surface area contributed by atoms with Crippen molar-refractivity contribution >= 4 is 6.29 Å². The van der Waals surface area contributed by atoms with Crippen LogP contribution >= 0.6 is 0 Å². The summed E-state index contributed by atoms with van der Waals surface area (Å²) in [5.41, 5.74) is 0.873. The molecule has 12 heavy (non-hydrogen) atoms. The van der Waals surface area contributed by atoms with Crippen LogP contribution in [0.3, 0.4) is 0 Å². The van der Waals surface area contributed by atoms with Gasteiger partial charge in [-0.05, 0) is 31.3 Å². The predicted molar refractivity (Wildman–Crippen MR) is 53.1 cm³/mol. The smallest absolute Gasteiger partial charge is 0.145 e. The number of carbonyl (C=O) groups excluding carboxylic acids is 1. The Bertz CT molecular complexity index is 147. The summed E-state index contributed by atoms with van der Waals surface area (Å²) in [4.78, 5) is 10.4. The van der Waals surface area contributed by atoms with E-state index in [0.717, 1.165) is 18.3 Å². The molecule has 1 atom stereocenters. The number of rotatable bonds is 6. The first-order valence-corrected chi connectivity index (χ1v) is 4.88. The van der Waals surface area contributed by atoms with Gasteiger partial charge in [-0.25, -0.2) is 0 Å². The van der Waals surface area contributed by atoms with Crippen molar-refractivity contribution in [2.45, 2.75) is 46.5 Å². The number of carbonyl (C=O) groups is 1. The monoisotopic (exact) mass is 168 g/mol. The van der Waals surface area contributed by atoms with E-state index in [0.29, 0.717) is 5.92 Å². The Morgan fingerprint density at radius 1 is 1.42 bits per heavy atom. The number of hydrogen-bond donors (Lipinski definition) is 0. The average Bonchev–Trinajstić information content (AvgIpc) is 2.11. The molecule has 0 amide bonds. The highest BCUT2D eigenvalue weighted by molar-refractivity contribution is 5.72. The fourth-order valence-electron chi connectivity index (χ4n) is 1.28. The zero-order valence-electron chi connectivity index (χ0n) is 8.47. The van der Waals surface area contributed by atoms with E-state index in [9.17, 15) is 4.79 Å². The van der Waals surface area contributed by atoms with Crippen molar-refractivity contribution in [3.63, 3.8) is 0 Å². The number of unbranched alkanes of at least 4 members (excludes halogenated alkanes) is 1. The minimum Gasteiger partial charge on any atom is -0.298 e. The quantitative estimate of drug-likeness (QED) is 0.439. The van der Waals surface area contributed by atoms with Gasteiger partial charge in [0.2, 0.25) is 0 Å². The van der Waals surface area contributed by atoms with Gasteiger partial charge in [-0.15, -0.1) is 0 Å². The lowest BCUT2D eigenvalue weighted by Gasteiger charge is -2.08. The van der Waals surface area contributed by atoms with E-state index >= 15 is 0 Å². The molecule has 0 fully saturated rings. The summed E-state index contributed by atoms with van der Waals surface area (Å²) < 4.78 is 0. The van der Waals surface area contributed by atoms with Crippen LogP contribution < -0.4 is 0 Å². The van der Waals surface area contributed by atoms with Crippen molar-refractivity contribution in [1.82, 2.24) is 0 Å². The van der Waals surface area contributed by atoms with Crippen molar-refractivity contribution in [2.75, 3.05) is 0 Å². The molecule has 0 rings (SSSR count). The largest absolute Gasteiger partial charge is 0.298 e. The van der Waals surface area contributed by atoms with Crippen molar-refractivity contribution in [2.24, 2.45) is 5.92 Å². The second-order valence-electron chi connectivity index (χ2n) is 3.34. The minimum atomic E-state index is 0.607. The van der Waals surface area contributed by atoms with Crippen LogP contribution in [0.4, 0.5) is 0 Å². The maximum atomic E-state index is 10.4. The highest BCUT2D eigenvalue weighted by Crippen LogP contribution is 2.15. The summed E-state index contributed by atoms with van der Waals surface area (Å²) >= 11 is 0. The van der Waals surface area contributed by atoms with E-state index in [4.69, 9.17) is 0 Å². The molecule has 0 aromatic rings. The molecule has 0 saturated carbocycles. The molecule has 0 aliphatic heterocycles. The lowest BCUT2D eigenvalue weighted by atomic mass is 9.97. The normalized spacial score (nSPS) is 14.4. The first kappa shape index (κ1) is 11.4. The van der Waals surface area contributed by atoms with Crippen molar-refractivity contribution in [3.05, 3.63) is 11.6 Å². The molecule has 1 unspecified atom stereocenters. The van der Waals surface area contributed by atoms with Gasteiger partial charge in [-0.3, -0.25) is 4.79 Å². The molecule has 0 saturated heterocycles. The number of hydrogen-bond acceptors (Lipinski definition) is 1. The molecule has 0 aliphatic carbocycles. The van der Waals surface area contributed by atoms with Gasteiger partial charge >= 0.3 is 0 Å². The molecular weight excluding hydrogens is 148 g/mol. The van der Waals surface area contributed by atoms with E-state index in [1.165, 1.54) is 19.3 Å². The van der Waals surface area contributed by atoms with Gasteiger partial charge in [0.1, 0.15) is 6.29 Å². The molecule has 0 aliphatic rings. The van der Waals surface area contributed by atoms with Crippen molar-refractivity contribution < 1.29 is 4.79 Å². The van der Waals surface area contributed by atoms with Gasteiger partial charge in [0, 0.05) is 0 Å². The highest BCUT2D eigenvalue weighted by atomic mass is 16.1. The van der Waals surface area contributed by atoms with Gasteiger partial charge in [-0.1, -0.05) is 32.8 Å². The topological polar surface area (TPSA) is 17.1 Å². The first-order chi connectivity index (χ1) is 5.74. The predicted octanol–water partition coefficient (Wildman–Crippen LogP) is 3.35. The molecule has 0 heterocycles. The molecule has 1 nitrogen and oxygen atoms in total. The van der Waals surface area contributed by atoms with Gasteiger partial charge in [0.15, 0.2) is 0 Å². The summed E-state index contributed by atoms with van der Waals surface area (Å²) in [6, 6.07) is 0. The fourth-order valence-corrected chi connectivity index (χ4v) is 1.28. The summed E-state index contributed by atoms with van der Waals surface area (Å²) in [5, 5.41) is 0. The van der Waals surface area contributed by atoms with Gasteiger partial charge in [0.05, 0.1) is 0 Å². The Kier molecular flexibility index (Phi) is 6.73. The minimum absolute atomic E-state index is 0.607. The SMILES string of the molecule is CCCCC(/C=C(\C)C=O)CC. The average molecular weight is 168 g/mol. The second-order valence-corrected chi connectivity index (χ2v) is 3.34. The third-order valence-corrected chi connectivity index (χ3v) is 2.14. The Balaban J connectivity index is 3.89. The van der Waals surface area contributed by atoms with Crippen molar-refractivity contribution in [1.29, 1.82) is 0 Å². The van der Waals surface area contributed by atoms with Crippen LogP contribution in [0, 0.1) is 5.92 Å². The summed E-state index contributed by atoms with van der Waals surface area (Å²) in [6.07, 6.45) is 7.91. The maximum Gasteiger partial charge on any atom is 0.145 e. The number of aldehydes is 1.